The molecule has 0 aliphatic heterocycles. The van der Waals surface area contributed by atoms with E-state index in [1.165, 1.54) is 47.3 Å². The van der Waals surface area contributed by atoms with Crippen LogP contribution in [0.2, 0.25) is 0 Å². The second kappa shape index (κ2) is 27.4. The van der Waals surface area contributed by atoms with Crippen LogP contribution in [0.25, 0.3) is 54.9 Å². The van der Waals surface area contributed by atoms with Crippen molar-refractivity contribution in [2.45, 2.75) is 28.5 Å². The first-order valence-electron chi connectivity index (χ1n) is 28.2. The molecule has 6 N–H and O–H groups in total. The summed E-state index contributed by atoms with van der Waals surface area (Å²) in [5.41, 5.74) is 8.16. The molecule has 0 radical (unpaired) electrons. The summed E-state index contributed by atoms with van der Waals surface area (Å²) in [5.74, 6) is -2.61. The fourth-order valence-corrected chi connectivity index (χ4v) is 13.8. The van der Waals surface area contributed by atoms with Gasteiger partial charge in [-0.2, -0.15) is 8.75 Å². The highest BCUT2D eigenvalue weighted by Gasteiger charge is 2.25. The maximum absolute atomic E-state index is 14.0. The molecule has 14 aromatic rings. The molecule has 0 bridgehead atoms. The van der Waals surface area contributed by atoms with Gasteiger partial charge in [-0.25, -0.2) is 72.7 Å². The molecule has 31 heteroatoms. The third kappa shape index (κ3) is 14.8. The predicted molar refractivity (Wildman–Crippen MR) is 369 cm³/mol. The molecule has 0 saturated heterocycles. The van der Waals surface area contributed by atoms with Crippen LogP contribution in [0.5, 0.6) is 5.75 Å². The summed E-state index contributed by atoms with van der Waals surface area (Å²) >= 11 is 5.70. The molecule has 0 spiro atoms. The molecule has 0 saturated carbocycles. The third-order valence-corrected chi connectivity index (χ3v) is 20.2. The lowest BCUT2D eigenvalue weighted by atomic mass is 10.2. The average Bonchev–Trinajstić information content (AvgIpc) is 0.880. The molecule has 14 rings (SSSR count). The van der Waals surface area contributed by atoms with E-state index < -0.39 is 58.2 Å². The van der Waals surface area contributed by atoms with Gasteiger partial charge in [0.2, 0.25) is 0 Å². The number of halogens is 5. The van der Waals surface area contributed by atoms with Crippen molar-refractivity contribution < 1.29 is 47.6 Å². The van der Waals surface area contributed by atoms with E-state index in [9.17, 15) is 42.8 Å². The molecule has 0 aliphatic carbocycles. The number of rotatable bonds is 16. The minimum Gasteiger partial charge on any atom is -0.497 e. The summed E-state index contributed by atoms with van der Waals surface area (Å²) in [4.78, 5) is 26.0. The number of hydrogen-bond donors (Lipinski definition) is 6. The standard InChI is InChI=1S/C23H21FN4O3S.C21H13BrFN5O2S2.C21H13F2N5O2S2/c1-14-9-11-17(13-18(14)24)32(29,30)28-23-22(25-19-6-4-5-7-20(19)26-23)27-21-12-16(31-3)10-8-15(21)2;2*22-15-7-6-14(10-16(15)23)32(29,30)28-21-20(25-18-3-1-2-4-19(18)26-21)24-13-5-8-17-12(9-13)11-31-27-17/h4-13H,1-3H3,(H,25,27)(H,26,28);2*1-11H,(H,24,25)(H,26,28). The van der Waals surface area contributed by atoms with Crippen LogP contribution in [0.1, 0.15) is 11.1 Å². The van der Waals surface area contributed by atoms with Crippen LogP contribution in [0.4, 0.5) is 69.5 Å². The van der Waals surface area contributed by atoms with Gasteiger partial charge in [-0.15, -0.1) is 0 Å². The quantitative estimate of drug-likeness (QED) is 0.0490. The second-order valence-corrected chi connectivity index (χ2v) is 28.0. The van der Waals surface area contributed by atoms with Crippen LogP contribution >= 0.6 is 39.0 Å². The number of aromatic nitrogens is 8. The number of para-hydroxylation sites is 6. The number of fused-ring (bicyclic) bond motifs is 5. The van der Waals surface area contributed by atoms with Crippen LogP contribution in [-0.2, 0) is 30.1 Å². The van der Waals surface area contributed by atoms with Crippen LogP contribution in [-0.4, -0.2) is 71.0 Å². The molecular weight excluding hydrogens is 1410 g/mol. The minimum atomic E-state index is -4.27. The first kappa shape index (κ1) is 65.5. The number of nitrogens with one attached hydrogen (secondary N) is 6. The van der Waals surface area contributed by atoms with E-state index in [1.54, 1.807) is 86.8 Å². The predicted octanol–water partition coefficient (Wildman–Crippen LogP) is 15.7. The number of nitrogens with zero attached hydrogens (tertiary/aromatic N) is 8. The summed E-state index contributed by atoms with van der Waals surface area (Å²) in [7, 11) is -10.9. The maximum Gasteiger partial charge on any atom is 0.263 e. The van der Waals surface area contributed by atoms with Gasteiger partial charge in [0, 0.05) is 44.7 Å². The van der Waals surface area contributed by atoms with Crippen molar-refractivity contribution >= 4 is 176 Å². The van der Waals surface area contributed by atoms with Gasteiger partial charge in [0.1, 0.15) is 17.4 Å². The van der Waals surface area contributed by atoms with Crippen LogP contribution in [0.15, 0.2) is 212 Å². The summed E-state index contributed by atoms with van der Waals surface area (Å²) in [6.45, 7) is 3.46. The molecule has 5 heterocycles. The van der Waals surface area contributed by atoms with E-state index in [1.807, 2.05) is 72.3 Å². The SMILES string of the molecule is COc1ccc(C)c(Nc2nc3ccccc3nc2NS(=O)(=O)c2ccc(C)c(F)c2)c1.O=S(=O)(Nc1nc2ccccc2nc1Nc1ccc2nscc2c1)c1ccc(Br)c(F)c1.O=S(=O)(Nc1nc2ccccc2nc1Nc1ccc2nscc2c1)c1ccc(F)c(F)c1. The lowest BCUT2D eigenvalue weighted by Gasteiger charge is -2.16. The zero-order chi connectivity index (χ0) is 67.5. The van der Waals surface area contributed by atoms with E-state index in [2.05, 4.69) is 84.7 Å². The summed E-state index contributed by atoms with van der Waals surface area (Å²) in [6.07, 6.45) is 0. The highest BCUT2D eigenvalue weighted by molar-refractivity contribution is 9.10. The van der Waals surface area contributed by atoms with Gasteiger partial charge in [0.15, 0.2) is 46.5 Å². The van der Waals surface area contributed by atoms with Crippen molar-refractivity contribution in [2.75, 3.05) is 37.2 Å². The zero-order valence-electron chi connectivity index (χ0n) is 49.8. The first-order valence-corrected chi connectivity index (χ1v) is 35.2. The maximum atomic E-state index is 14.0. The Hall–Kier alpha value is -10.6. The Morgan fingerprint density at radius 2 is 0.771 bits per heavy atom. The molecule has 9 aromatic carbocycles. The topological polar surface area (TPSA) is 287 Å². The molecule has 0 amide bonds. The Morgan fingerprint density at radius 1 is 0.385 bits per heavy atom. The van der Waals surface area contributed by atoms with Crippen molar-refractivity contribution in [1.82, 2.24) is 38.7 Å². The van der Waals surface area contributed by atoms with E-state index in [0.29, 0.717) is 67.5 Å². The Balaban J connectivity index is 0.000000138. The number of anilines is 9. The molecule has 484 valence electrons. The minimum absolute atomic E-state index is 0.00410. The number of ether oxygens (including phenoxy) is 1. The number of methoxy groups -OCH3 is 1. The third-order valence-electron chi connectivity index (χ3n) is 14.2. The number of aryl methyl sites for hydroxylation is 2. The monoisotopic (exact) mass is 1450 g/mol. The van der Waals surface area contributed by atoms with Gasteiger partial charge >= 0.3 is 0 Å². The van der Waals surface area contributed by atoms with Crippen LogP contribution in [0.3, 0.4) is 0 Å². The molecule has 96 heavy (non-hydrogen) atoms. The molecule has 0 atom stereocenters. The molecule has 0 unspecified atom stereocenters. The molecule has 5 aromatic heterocycles. The van der Waals surface area contributed by atoms with Gasteiger partial charge < -0.3 is 20.7 Å². The van der Waals surface area contributed by atoms with E-state index in [4.69, 9.17) is 4.74 Å². The fourth-order valence-electron chi connectivity index (χ4n) is 9.23. The molecule has 0 fully saturated rings. The second-order valence-electron chi connectivity index (χ2n) is 20.8. The number of hydrogen-bond acceptors (Lipinski definition) is 20. The summed E-state index contributed by atoms with van der Waals surface area (Å²) < 4.78 is 154. The van der Waals surface area contributed by atoms with Crippen molar-refractivity contribution in [1.29, 1.82) is 0 Å². The van der Waals surface area contributed by atoms with Gasteiger partial charge in [-0.3, -0.25) is 14.2 Å². The average molecular weight is 1450 g/mol. The Kier molecular flexibility index (Phi) is 18.7. The highest BCUT2D eigenvalue weighted by atomic mass is 79.9. The smallest absolute Gasteiger partial charge is 0.263 e. The van der Waals surface area contributed by atoms with Crippen molar-refractivity contribution in [2.24, 2.45) is 0 Å². The first-order chi connectivity index (χ1) is 46.0. The zero-order valence-corrected chi connectivity index (χ0v) is 55.5. The van der Waals surface area contributed by atoms with Crippen molar-refractivity contribution in [3.8, 4) is 5.75 Å². The van der Waals surface area contributed by atoms with E-state index in [-0.39, 0.29) is 49.2 Å². The summed E-state index contributed by atoms with van der Waals surface area (Å²) in [5, 5.41) is 15.0. The highest BCUT2D eigenvalue weighted by Crippen LogP contribution is 2.34. The largest absolute Gasteiger partial charge is 0.497 e. The lowest BCUT2D eigenvalue weighted by molar-refractivity contribution is 0.415. The van der Waals surface area contributed by atoms with Crippen molar-refractivity contribution in [3.63, 3.8) is 0 Å². The Bertz CT molecular complexity index is 5470. The van der Waals surface area contributed by atoms with E-state index >= 15 is 0 Å². The summed E-state index contributed by atoms with van der Waals surface area (Å²) in [6, 6.07) is 47.3. The molecular formula is C65H47BrF4N14O7S5. The number of benzene rings is 9. The van der Waals surface area contributed by atoms with E-state index in [0.717, 1.165) is 51.6 Å². The Labute approximate surface area is 561 Å². The van der Waals surface area contributed by atoms with Gasteiger partial charge in [0.05, 0.1) is 70.4 Å². The van der Waals surface area contributed by atoms with Crippen LogP contribution < -0.4 is 34.9 Å². The Morgan fingerprint density at radius 3 is 1.19 bits per heavy atom. The van der Waals surface area contributed by atoms with Gasteiger partial charge in [-0.1, -0.05) is 48.5 Å². The molecule has 21 nitrogen and oxygen atoms in total. The van der Waals surface area contributed by atoms with Crippen LogP contribution in [0, 0.1) is 37.1 Å². The molecule has 0 aliphatic rings. The van der Waals surface area contributed by atoms with Gasteiger partial charge in [0.25, 0.3) is 30.1 Å². The normalized spacial score (nSPS) is 11.6. The lowest BCUT2D eigenvalue weighted by Crippen LogP contribution is -2.16. The fraction of sp³-hybridized carbons (Fsp3) is 0.0462. The number of sulfonamides is 3. The van der Waals surface area contributed by atoms with Gasteiger partial charge in [-0.05, 0) is 191 Å². The van der Waals surface area contributed by atoms with Crippen molar-refractivity contribution in [3.05, 3.63) is 232 Å².